The first-order chi connectivity index (χ1) is 12.5. The zero-order valence-corrected chi connectivity index (χ0v) is 16.7. The van der Waals surface area contributed by atoms with Crippen molar-refractivity contribution in [1.29, 1.82) is 0 Å². The van der Waals surface area contributed by atoms with Crippen molar-refractivity contribution in [2.24, 2.45) is 17.8 Å². The maximum atomic E-state index is 9.72. The first-order valence-corrected chi connectivity index (χ1v) is 9.90. The number of allylic oxidation sites excluding steroid dienone is 4. The standard InChI is InChI=1S/C23H35NO2/c1-5-18(3)22(16-26-15-19-7-6-8-23(25)12-19)13-20-10-9-17(2)11-21(20)14-24-4/h6,8-11,13,15,18,21-25H,5,7,12,14,16H2,1-4H3/b19-15+,20-13+. The highest BCUT2D eigenvalue weighted by Gasteiger charge is 2.19. The van der Waals surface area contributed by atoms with E-state index in [1.54, 1.807) is 0 Å². The van der Waals surface area contributed by atoms with Crippen molar-refractivity contribution in [3.8, 4) is 0 Å². The molecule has 0 saturated heterocycles. The third-order valence-corrected chi connectivity index (χ3v) is 5.38. The second-order valence-electron chi connectivity index (χ2n) is 7.64. The third kappa shape index (κ3) is 6.30. The van der Waals surface area contributed by atoms with Gasteiger partial charge in [-0.1, -0.05) is 62.3 Å². The van der Waals surface area contributed by atoms with Crippen LogP contribution in [-0.4, -0.2) is 31.4 Å². The van der Waals surface area contributed by atoms with E-state index in [4.69, 9.17) is 4.74 Å². The molecule has 2 aliphatic rings. The quantitative estimate of drug-likeness (QED) is 0.495. The van der Waals surface area contributed by atoms with Crippen LogP contribution in [0.1, 0.15) is 40.0 Å². The molecule has 0 aromatic carbocycles. The smallest absolute Gasteiger partial charge is 0.0938 e. The number of hydrogen-bond donors (Lipinski definition) is 2. The Labute approximate surface area is 159 Å². The molecule has 0 saturated carbocycles. The lowest BCUT2D eigenvalue weighted by molar-refractivity contribution is 0.175. The van der Waals surface area contributed by atoms with E-state index >= 15 is 0 Å². The lowest BCUT2D eigenvalue weighted by Crippen LogP contribution is -2.22. The Bertz CT molecular complexity index is 597. The van der Waals surface area contributed by atoms with Gasteiger partial charge in [0.05, 0.1) is 19.0 Å². The second-order valence-corrected chi connectivity index (χ2v) is 7.64. The Morgan fingerprint density at radius 2 is 2.19 bits per heavy atom. The summed E-state index contributed by atoms with van der Waals surface area (Å²) in [5, 5.41) is 13.0. The van der Waals surface area contributed by atoms with Crippen molar-refractivity contribution >= 4 is 0 Å². The van der Waals surface area contributed by atoms with Crippen molar-refractivity contribution in [3.63, 3.8) is 0 Å². The molecule has 4 atom stereocenters. The van der Waals surface area contributed by atoms with Gasteiger partial charge in [-0.3, -0.25) is 0 Å². The molecule has 144 valence electrons. The highest BCUT2D eigenvalue weighted by Crippen LogP contribution is 2.27. The minimum absolute atomic E-state index is 0.365. The monoisotopic (exact) mass is 357 g/mol. The highest BCUT2D eigenvalue weighted by molar-refractivity contribution is 5.38. The molecule has 0 bridgehead atoms. The molecule has 0 fully saturated rings. The van der Waals surface area contributed by atoms with Gasteiger partial charge in [-0.2, -0.15) is 0 Å². The summed E-state index contributed by atoms with van der Waals surface area (Å²) in [5.74, 6) is 1.37. The third-order valence-electron chi connectivity index (χ3n) is 5.38. The van der Waals surface area contributed by atoms with Crippen molar-refractivity contribution in [3.05, 3.63) is 59.4 Å². The molecule has 2 rings (SSSR count). The topological polar surface area (TPSA) is 41.5 Å². The average molecular weight is 358 g/mol. The van der Waals surface area contributed by atoms with Gasteiger partial charge in [-0.05, 0) is 37.5 Å². The SMILES string of the molecule is CCC(C)C(/C=C1\C=CC(C)=CC1CNC)CO/C=C1\CC=CC(O)C1. The average Bonchev–Trinajstić information content (AvgIpc) is 2.62. The van der Waals surface area contributed by atoms with E-state index in [2.05, 4.69) is 50.4 Å². The fourth-order valence-electron chi connectivity index (χ4n) is 3.49. The van der Waals surface area contributed by atoms with E-state index in [9.17, 15) is 5.11 Å². The summed E-state index contributed by atoms with van der Waals surface area (Å²) in [6.07, 6.45) is 17.3. The normalized spacial score (nSPS) is 28.3. The Morgan fingerprint density at radius 3 is 2.88 bits per heavy atom. The van der Waals surface area contributed by atoms with Crippen LogP contribution in [0.2, 0.25) is 0 Å². The Hall–Kier alpha value is -1.58. The number of hydrogen-bond acceptors (Lipinski definition) is 3. The van der Waals surface area contributed by atoms with Gasteiger partial charge in [-0.25, -0.2) is 0 Å². The Kier molecular flexibility index (Phi) is 8.40. The van der Waals surface area contributed by atoms with E-state index in [0.29, 0.717) is 30.8 Å². The van der Waals surface area contributed by atoms with Gasteiger partial charge in [0.1, 0.15) is 0 Å². The van der Waals surface area contributed by atoms with E-state index in [1.165, 1.54) is 16.7 Å². The number of ether oxygens (including phenoxy) is 1. The molecule has 4 unspecified atom stereocenters. The molecule has 0 amide bonds. The summed E-state index contributed by atoms with van der Waals surface area (Å²) in [6.45, 7) is 8.33. The van der Waals surface area contributed by atoms with Crippen LogP contribution in [0.25, 0.3) is 0 Å². The molecule has 3 heteroatoms. The van der Waals surface area contributed by atoms with Gasteiger partial charge in [0.15, 0.2) is 0 Å². The van der Waals surface area contributed by atoms with Gasteiger partial charge in [-0.15, -0.1) is 0 Å². The molecular weight excluding hydrogens is 322 g/mol. The summed E-state index contributed by atoms with van der Waals surface area (Å²) in [4.78, 5) is 0. The maximum absolute atomic E-state index is 9.72. The Balaban J connectivity index is 2.06. The summed E-state index contributed by atoms with van der Waals surface area (Å²) < 4.78 is 5.96. The van der Waals surface area contributed by atoms with Crippen LogP contribution in [0.15, 0.2) is 59.4 Å². The minimum atomic E-state index is -0.365. The van der Waals surface area contributed by atoms with Crippen LogP contribution in [0, 0.1) is 17.8 Å². The van der Waals surface area contributed by atoms with Crippen molar-refractivity contribution in [2.75, 3.05) is 20.2 Å². The fourth-order valence-corrected chi connectivity index (χ4v) is 3.49. The Morgan fingerprint density at radius 1 is 1.38 bits per heavy atom. The molecular formula is C23H35NO2. The van der Waals surface area contributed by atoms with Gasteiger partial charge in [0.25, 0.3) is 0 Å². The van der Waals surface area contributed by atoms with Gasteiger partial charge in [0, 0.05) is 24.8 Å². The molecule has 2 N–H and O–H groups in total. The second kappa shape index (κ2) is 10.5. The zero-order chi connectivity index (χ0) is 18.9. The number of nitrogens with one attached hydrogen (secondary N) is 1. The summed E-state index contributed by atoms with van der Waals surface area (Å²) in [6, 6.07) is 0. The highest BCUT2D eigenvalue weighted by atomic mass is 16.5. The molecule has 0 aromatic heterocycles. The van der Waals surface area contributed by atoms with Crippen molar-refractivity contribution < 1.29 is 9.84 Å². The number of aliphatic hydroxyl groups is 1. The molecule has 0 radical (unpaired) electrons. The van der Waals surface area contributed by atoms with Gasteiger partial charge < -0.3 is 15.2 Å². The van der Waals surface area contributed by atoms with Crippen LogP contribution in [0.4, 0.5) is 0 Å². The van der Waals surface area contributed by atoms with Gasteiger partial charge in [0.2, 0.25) is 0 Å². The van der Waals surface area contributed by atoms with Crippen LogP contribution >= 0.6 is 0 Å². The number of rotatable bonds is 8. The van der Waals surface area contributed by atoms with E-state index in [-0.39, 0.29) is 6.10 Å². The maximum Gasteiger partial charge on any atom is 0.0938 e. The first kappa shape index (κ1) is 20.7. The largest absolute Gasteiger partial charge is 0.501 e. The fraction of sp³-hybridized carbons (Fsp3) is 0.565. The first-order valence-electron chi connectivity index (χ1n) is 9.90. The molecule has 0 heterocycles. The van der Waals surface area contributed by atoms with Crippen LogP contribution in [0.5, 0.6) is 0 Å². The molecule has 26 heavy (non-hydrogen) atoms. The predicted molar refractivity (Wildman–Crippen MR) is 110 cm³/mol. The van der Waals surface area contributed by atoms with Crippen LogP contribution < -0.4 is 5.32 Å². The molecule has 0 spiro atoms. The number of aliphatic hydroxyl groups excluding tert-OH is 1. The van der Waals surface area contributed by atoms with Gasteiger partial charge >= 0.3 is 0 Å². The summed E-state index contributed by atoms with van der Waals surface area (Å²) in [7, 11) is 2.01. The minimum Gasteiger partial charge on any atom is -0.501 e. The van der Waals surface area contributed by atoms with E-state index in [0.717, 1.165) is 19.4 Å². The zero-order valence-electron chi connectivity index (χ0n) is 16.7. The summed E-state index contributed by atoms with van der Waals surface area (Å²) >= 11 is 0. The van der Waals surface area contributed by atoms with Crippen molar-refractivity contribution in [2.45, 2.75) is 46.1 Å². The lowest BCUT2D eigenvalue weighted by atomic mass is 9.84. The summed E-state index contributed by atoms with van der Waals surface area (Å²) in [5.41, 5.74) is 3.87. The lowest BCUT2D eigenvalue weighted by Gasteiger charge is -2.24. The molecule has 3 nitrogen and oxygen atoms in total. The van der Waals surface area contributed by atoms with E-state index in [1.807, 2.05) is 25.5 Å². The molecule has 0 aromatic rings. The van der Waals surface area contributed by atoms with Crippen LogP contribution in [0.3, 0.4) is 0 Å². The van der Waals surface area contributed by atoms with Crippen LogP contribution in [-0.2, 0) is 4.74 Å². The van der Waals surface area contributed by atoms with Crippen molar-refractivity contribution in [1.82, 2.24) is 5.32 Å². The van der Waals surface area contributed by atoms with E-state index < -0.39 is 0 Å². The molecule has 2 aliphatic carbocycles. The molecule has 0 aliphatic heterocycles. The predicted octanol–water partition coefficient (Wildman–Crippen LogP) is 4.54.